The van der Waals surface area contributed by atoms with Gasteiger partial charge >= 0.3 is 5.97 Å². The molecular formula is C26H25Cl2N3O3S. The molecule has 0 unspecified atom stereocenters. The Morgan fingerprint density at radius 2 is 1.83 bits per heavy atom. The molecule has 9 heteroatoms. The average Bonchev–Trinajstić information content (AvgIpc) is 2.76. The second kappa shape index (κ2) is 11.2. The number of anilines is 1. The minimum absolute atomic E-state index is 0.0441. The number of esters is 1. The van der Waals surface area contributed by atoms with Crippen LogP contribution in [0, 0.1) is 11.3 Å². The smallest absolute Gasteiger partial charge is 0.337 e. The van der Waals surface area contributed by atoms with Crippen LogP contribution >= 0.6 is 35.0 Å². The van der Waals surface area contributed by atoms with Gasteiger partial charge in [0.15, 0.2) is 0 Å². The summed E-state index contributed by atoms with van der Waals surface area (Å²) in [6.07, 6.45) is 0. The van der Waals surface area contributed by atoms with Crippen molar-refractivity contribution in [1.29, 1.82) is 5.26 Å². The highest BCUT2D eigenvalue weighted by molar-refractivity contribution is 8.03. The second-order valence-corrected chi connectivity index (χ2v) is 10.7. The molecule has 2 aromatic carbocycles. The molecule has 0 saturated carbocycles. The quantitative estimate of drug-likeness (QED) is 0.420. The molecule has 0 spiro atoms. The molecule has 1 amide bonds. The van der Waals surface area contributed by atoms with Gasteiger partial charge in [0.1, 0.15) is 5.60 Å². The number of nitrogens with one attached hydrogen (secondary N) is 2. The molecule has 0 saturated heterocycles. The number of amides is 1. The summed E-state index contributed by atoms with van der Waals surface area (Å²) in [7, 11) is 0. The van der Waals surface area contributed by atoms with Gasteiger partial charge < -0.3 is 15.4 Å². The first-order chi connectivity index (χ1) is 16.5. The Hall–Kier alpha value is -2.92. The topological polar surface area (TPSA) is 91.2 Å². The minimum atomic E-state index is -0.709. The summed E-state index contributed by atoms with van der Waals surface area (Å²) in [5, 5.41) is 17.6. The van der Waals surface area contributed by atoms with Crippen molar-refractivity contribution in [1.82, 2.24) is 5.32 Å². The van der Waals surface area contributed by atoms with Crippen LogP contribution in [0.15, 0.2) is 70.4 Å². The van der Waals surface area contributed by atoms with Crippen molar-refractivity contribution < 1.29 is 14.3 Å². The van der Waals surface area contributed by atoms with E-state index in [1.165, 1.54) is 11.8 Å². The summed E-state index contributed by atoms with van der Waals surface area (Å²) in [6, 6.07) is 16.1. The number of carbonyl (C=O) groups is 2. The first kappa shape index (κ1) is 26.7. The van der Waals surface area contributed by atoms with Crippen molar-refractivity contribution in [2.45, 2.75) is 39.2 Å². The average molecular weight is 530 g/mol. The van der Waals surface area contributed by atoms with E-state index in [0.29, 0.717) is 43.2 Å². The fourth-order valence-electron chi connectivity index (χ4n) is 3.52. The Bertz CT molecular complexity index is 1240. The van der Waals surface area contributed by atoms with E-state index < -0.39 is 17.5 Å². The number of rotatable bonds is 6. The number of dihydropyridines is 1. The van der Waals surface area contributed by atoms with Gasteiger partial charge in [-0.1, -0.05) is 53.2 Å². The van der Waals surface area contributed by atoms with E-state index in [0.717, 1.165) is 0 Å². The van der Waals surface area contributed by atoms with Gasteiger partial charge in [-0.3, -0.25) is 4.79 Å². The third-order valence-corrected chi connectivity index (χ3v) is 6.43. The highest BCUT2D eigenvalue weighted by atomic mass is 35.5. The molecule has 1 aliphatic rings. The number of allylic oxidation sites excluding steroid dienone is 2. The van der Waals surface area contributed by atoms with Crippen molar-refractivity contribution in [3.63, 3.8) is 0 Å². The maximum absolute atomic E-state index is 13.2. The molecule has 35 heavy (non-hydrogen) atoms. The van der Waals surface area contributed by atoms with Gasteiger partial charge in [0.05, 0.1) is 33.9 Å². The lowest BCUT2D eigenvalue weighted by Gasteiger charge is -2.31. The molecule has 1 heterocycles. The number of halogens is 2. The number of hydrogen-bond acceptors (Lipinski definition) is 6. The van der Waals surface area contributed by atoms with Gasteiger partial charge in [-0.2, -0.15) is 5.26 Å². The summed E-state index contributed by atoms with van der Waals surface area (Å²) in [5.41, 5.74) is 1.80. The zero-order chi connectivity index (χ0) is 25.8. The largest absolute Gasteiger partial charge is 0.457 e. The number of hydrogen-bond donors (Lipinski definition) is 2. The number of ether oxygens (including phenoxy) is 1. The van der Waals surface area contributed by atoms with Crippen LogP contribution in [0.1, 0.15) is 39.2 Å². The molecule has 3 rings (SSSR count). The lowest BCUT2D eigenvalue weighted by atomic mass is 9.82. The summed E-state index contributed by atoms with van der Waals surface area (Å²) >= 11 is 13.2. The lowest BCUT2D eigenvalue weighted by Crippen LogP contribution is -2.32. The van der Waals surface area contributed by atoms with Crippen molar-refractivity contribution in [2.24, 2.45) is 0 Å². The SMILES string of the molecule is CC1=C(C(=O)OC(C)(C)C)[C@@H](c2ccc(Cl)cc2)C(C#N)=C(SCC(=O)Nc2cccc(Cl)c2)N1. The minimum Gasteiger partial charge on any atom is -0.457 e. The third-order valence-electron chi connectivity index (χ3n) is 4.93. The Kier molecular flexibility index (Phi) is 8.55. The predicted molar refractivity (Wildman–Crippen MR) is 141 cm³/mol. The first-order valence-electron chi connectivity index (χ1n) is 10.8. The molecule has 0 aliphatic carbocycles. The number of benzene rings is 2. The Morgan fingerprint density at radius 1 is 1.14 bits per heavy atom. The van der Waals surface area contributed by atoms with Gasteiger partial charge in [-0.25, -0.2) is 4.79 Å². The molecule has 0 bridgehead atoms. The fourth-order valence-corrected chi connectivity index (χ4v) is 4.73. The van der Waals surface area contributed by atoms with Crippen LogP contribution in [0.5, 0.6) is 0 Å². The van der Waals surface area contributed by atoms with Gasteiger partial charge in [-0.05, 0) is 63.6 Å². The molecule has 2 N–H and O–H groups in total. The van der Waals surface area contributed by atoms with E-state index in [-0.39, 0.29) is 11.7 Å². The monoisotopic (exact) mass is 529 g/mol. The molecule has 0 radical (unpaired) electrons. The van der Waals surface area contributed by atoms with Crippen LogP contribution in [-0.2, 0) is 14.3 Å². The Balaban J connectivity index is 1.92. The Morgan fingerprint density at radius 3 is 2.43 bits per heavy atom. The molecule has 6 nitrogen and oxygen atoms in total. The third kappa shape index (κ3) is 7.04. The van der Waals surface area contributed by atoms with Crippen LogP contribution < -0.4 is 10.6 Å². The van der Waals surface area contributed by atoms with E-state index in [1.807, 2.05) is 0 Å². The van der Waals surface area contributed by atoms with E-state index in [1.54, 1.807) is 76.2 Å². The van der Waals surface area contributed by atoms with Crippen molar-refractivity contribution in [3.8, 4) is 6.07 Å². The van der Waals surface area contributed by atoms with Gasteiger partial charge in [0, 0.05) is 21.4 Å². The van der Waals surface area contributed by atoms with E-state index in [9.17, 15) is 14.9 Å². The highest BCUT2D eigenvalue weighted by Gasteiger charge is 2.37. The highest BCUT2D eigenvalue weighted by Crippen LogP contribution is 2.41. The zero-order valence-corrected chi connectivity index (χ0v) is 22.1. The number of thioether (sulfide) groups is 1. The fraction of sp³-hybridized carbons (Fsp3) is 0.269. The van der Waals surface area contributed by atoms with Crippen LogP contribution in [0.25, 0.3) is 0 Å². The normalized spacial score (nSPS) is 15.9. The zero-order valence-electron chi connectivity index (χ0n) is 19.7. The molecule has 1 aliphatic heterocycles. The van der Waals surface area contributed by atoms with Gasteiger partial charge in [0.25, 0.3) is 0 Å². The van der Waals surface area contributed by atoms with Crippen molar-refractivity contribution >= 4 is 52.5 Å². The number of carbonyl (C=O) groups excluding carboxylic acids is 2. The molecule has 182 valence electrons. The maximum atomic E-state index is 13.2. The maximum Gasteiger partial charge on any atom is 0.337 e. The summed E-state index contributed by atoms with van der Waals surface area (Å²) in [6.45, 7) is 7.11. The van der Waals surface area contributed by atoms with Gasteiger partial charge in [-0.15, -0.1) is 0 Å². The predicted octanol–water partition coefficient (Wildman–Crippen LogP) is 6.40. The second-order valence-electron chi connectivity index (χ2n) is 8.85. The van der Waals surface area contributed by atoms with Crippen LogP contribution in [0.3, 0.4) is 0 Å². The standard InChI is InChI=1S/C26H25Cl2N3O3S/c1-15-22(25(33)34-26(2,3)4)23(16-8-10-17(27)11-9-16)20(13-29)24(30-15)35-14-21(32)31-19-7-5-6-18(28)12-19/h5-12,23,30H,14H2,1-4H3,(H,31,32)/t23-/m0/s1. The summed E-state index contributed by atoms with van der Waals surface area (Å²) in [5.74, 6) is -1.40. The van der Waals surface area contributed by atoms with E-state index in [4.69, 9.17) is 27.9 Å². The molecule has 1 atom stereocenters. The van der Waals surface area contributed by atoms with E-state index in [2.05, 4.69) is 16.7 Å². The molecular weight excluding hydrogens is 505 g/mol. The summed E-state index contributed by atoms with van der Waals surface area (Å²) < 4.78 is 5.65. The van der Waals surface area contributed by atoms with Gasteiger partial charge in [0.2, 0.25) is 5.91 Å². The van der Waals surface area contributed by atoms with E-state index >= 15 is 0 Å². The summed E-state index contributed by atoms with van der Waals surface area (Å²) in [4.78, 5) is 25.7. The van der Waals surface area contributed by atoms with Crippen LogP contribution in [-0.4, -0.2) is 23.2 Å². The van der Waals surface area contributed by atoms with Crippen molar-refractivity contribution in [2.75, 3.05) is 11.1 Å². The molecule has 0 fully saturated rings. The first-order valence-corrected chi connectivity index (χ1v) is 12.5. The number of nitrogens with zero attached hydrogens (tertiary/aromatic N) is 1. The Labute approximate surface area is 219 Å². The lowest BCUT2D eigenvalue weighted by molar-refractivity contribution is -0.150. The van der Waals surface area contributed by atoms with Crippen molar-refractivity contribution in [3.05, 3.63) is 86.0 Å². The van der Waals surface area contributed by atoms with Crippen LogP contribution in [0.4, 0.5) is 5.69 Å². The number of nitriles is 1. The molecule has 0 aromatic heterocycles. The van der Waals surface area contributed by atoms with Crippen LogP contribution in [0.2, 0.25) is 10.0 Å². The molecule has 2 aromatic rings.